The van der Waals surface area contributed by atoms with Gasteiger partial charge in [0.25, 0.3) is 0 Å². The second-order valence-electron chi connectivity index (χ2n) is 9.30. The van der Waals surface area contributed by atoms with Crippen molar-refractivity contribution in [1.29, 1.82) is 0 Å². The molecule has 8 nitrogen and oxygen atoms in total. The number of nitrogens with two attached hydrogens (primary N) is 1. The molecule has 174 valence electrons. The number of hydrogen-bond acceptors (Lipinski definition) is 5. The van der Waals surface area contributed by atoms with Gasteiger partial charge in [-0.15, -0.1) is 0 Å². The Labute approximate surface area is 202 Å². The Bertz CT molecular complexity index is 1560. The van der Waals surface area contributed by atoms with E-state index in [4.69, 9.17) is 15.8 Å². The smallest absolute Gasteiger partial charge is 0.248 e. The van der Waals surface area contributed by atoms with Crippen LogP contribution in [0.4, 0.5) is 0 Å². The SMILES string of the molecule is CC(C)c1nn(-c2ccc(C(N)=O)cc2C2CC2)c2nccc(-n3cnc(-c4cccnc4)c3)c12. The van der Waals surface area contributed by atoms with Crippen molar-refractivity contribution in [2.45, 2.75) is 38.5 Å². The number of nitrogens with zero attached hydrogens (tertiary/aromatic N) is 6. The van der Waals surface area contributed by atoms with E-state index in [9.17, 15) is 4.79 Å². The number of imidazole rings is 1. The van der Waals surface area contributed by atoms with Crippen molar-refractivity contribution in [1.82, 2.24) is 29.3 Å². The van der Waals surface area contributed by atoms with Gasteiger partial charge < -0.3 is 10.3 Å². The molecule has 0 spiro atoms. The number of pyridine rings is 2. The predicted octanol–water partition coefficient (Wildman–Crippen LogP) is 4.77. The summed E-state index contributed by atoms with van der Waals surface area (Å²) in [7, 11) is 0. The van der Waals surface area contributed by atoms with Crippen LogP contribution >= 0.6 is 0 Å². The topological polar surface area (TPSA) is 105 Å². The number of hydrogen-bond donors (Lipinski definition) is 1. The number of carbonyl (C=O) groups is 1. The van der Waals surface area contributed by atoms with Crippen molar-refractivity contribution in [2.24, 2.45) is 5.73 Å². The highest BCUT2D eigenvalue weighted by atomic mass is 16.1. The Morgan fingerprint density at radius 1 is 1.09 bits per heavy atom. The number of benzene rings is 1. The van der Waals surface area contributed by atoms with Crippen molar-refractivity contribution in [2.75, 3.05) is 0 Å². The summed E-state index contributed by atoms with van der Waals surface area (Å²) in [6.45, 7) is 4.27. The second kappa shape index (κ2) is 8.16. The van der Waals surface area contributed by atoms with Gasteiger partial charge in [0.05, 0.1) is 34.5 Å². The molecule has 4 aromatic heterocycles. The van der Waals surface area contributed by atoms with Crippen LogP contribution in [0.2, 0.25) is 0 Å². The number of amides is 1. The maximum Gasteiger partial charge on any atom is 0.248 e. The number of primary amides is 1. The lowest BCUT2D eigenvalue weighted by Gasteiger charge is -2.11. The van der Waals surface area contributed by atoms with Crippen LogP contribution in [-0.2, 0) is 0 Å². The van der Waals surface area contributed by atoms with E-state index in [0.717, 1.165) is 57.8 Å². The molecule has 1 aromatic carbocycles. The Balaban J connectivity index is 1.55. The van der Waals surface area contributed by atoms with E-state index >= 15 is 0 Å². The largest absolute Gasteiger partial charge is 0.366 e. The van der Waals surface area contributed by atoms with E-state index in [0.29, 0.717) is 11.5 Å². The summed E-state index contributed by atoms with van der Waals surface area (Å²) < 4.78 is 3.94. The fourth-order valence-electron chi connectivity index (χ4n) is 4.58. The summed E-state index contributed by atoms with van der Waals surface area (Å²) in [4.78, 5) is 25.4. The molecule has 35 heavy (non-hydrogen) atoms. The minimum atomic E-state index is -0.420. The van der Waals surface area contributed by atoms with E-state index in [-0.39, 0.29) is 5.92 Å². The molecule has 0 bridgehead atoms. The molecule has 0 radical (unpaired) electrons. The van der Waals surface area contributed by atoms with Crippen LogP contribution in [0.25, 0.3) is 33.7 Å². The van der Waals surface area contributed by atoms with Crippen LogP contribution in [0.3, 0.4) is 0 Å². The van der Waals surface area contributed by atoms with Gasteiger partial charge in [0.2, 0.25) is 5.91 Å². The first kappa shape index (κ1) is 21.2. The Morgan fingerprint density at radius 3 is 2.66 bits per heavy atom. The van der Waals surface area contributed by atoms with Gasteiger partial charge in [0, 0.05) is 35.9 Å². The summed E-state index contributed by atoms with van der Waals surface area (Å²) in [5, 5.41) is 6.03. The summed E-state index contributed by atoms with van der Waals surface area (Å²) in [5.74, 6) is 0.166. The predicted molar refractivity (Wildman–Crippen MR) is 134 cm³/mol. The zero-order chi connectivity index (χ0) is 24.1. The van der Waals surface area contributed by atoms with Gasteiger partial charge in [-0.25, -0.2) is 14.6 Å². The third-order valence-corrected chi connectivity index (χ3v) is 6.50. The molecule has 0 unspecified atom stereocenters. The first-order chi connectivity index (χ1) is 17.0. The fraction of sp³-hybridized carbons (Fsp3) is 0.222. The molecule has 1 aliphatic rings. The summed E-state index contributed by atoms with van der Waals surface area (Å²) in [6, 6.07) is 11.5. The minimum Gasteiger partial charge on any atom is -0.366 e. The van der Waals surface area contributed by atoms with Crippen molar-refractivity contribution in [3.63, 3.8) is 0 Å². The monoisotopic (exact) mass is 463 g/mol. The summed E-state index contributed by atoms with van der Waals surface area (Å²) >= 11 is 0. The van der Waals surface area contributed by atoms with E-state index in [2.05, 4.69) is 23.8 Å². The molecule has 0 aliphatic heterocycles. The lowest BCUT2D eigenvalue weighted by molar-refractivity contribution is 0.1000. The van der Waals surface area contributed by atoms with Crippen molar-refractivity contribution < 1.29 is 4.79 Å². The average molecular weight is 464 g/mol. The lowest BCUT2D eigenvalue weighted by atomic mass is 10.0. The van der Waals surface area contributed by atoms with Crippen molar-refractivity contribution in [3.05, 3.63) is 84.3 Å². The third-order valence-electron chi connectivity index (χ3n) is 6.50. The molecular formula is C27H25N7O. The van der Waals surface area contributed by atoms with Crippen LogP contribution in [0, 0.1) is 0 Å². The first-order valence-electron chi connectivity index (χ1n) is 11.8. The third kappa shape index (κ3) is 3.67. The van der Waals surface area contributed by atoms with Crippen LogP contribution in [0.1, 0.15) is 60.1 Å². The van der Waals surface area contributed by atoms with Crippen molar-refractivity contribution in [3.8, 4) is 22.6 Å². The van der Waals surface area contributed by atoms with Gasteiger partial charge in [-0.1, -0.05) is 13.8 Å². The van der Waals surface area contributed by atoms with E-state index in [1.807, 2.05) is 58.3 Å². The molecule has 0 atom stereocenters. The van der Waals surface area contributed by atoms with Gasteiger partial charge in [-0.3, -0.25) is 9.78 Å². The highest BCUT2D eigenvalue weighted by Gasteiger charge is 2.29. The molecule has 1 saturated carbocycles. The van der Waals surface area contributed by atoms with Crippen LogP contribution in [0.5, 0.6) is 0 Å². The zero-order valence-electron chi connectivity index (χ0n) is 19.6. The van der Waals surface area contributed by atoms with Crippen LogP contribution < -0.4 is 5.73 Å². The Hall–Kier alpha value is -4.33. The summed E-state index contributed by atoms with van der Waals surface area (Å²) in [5.41, 5.74) is 12.6. The van der Waals surface area contributed by atoms with Gasteiger partial charge in [-0.05, 0) is 66.6 Å². The maximum atomic E-state index is 11.8. The van der Waals surface area contributed by atoms with E-state index < -0.39 is 5.91 Å². The molecule has 1 fully saturated rings. The molecule has 5 aromatic rings. The quantitative estimate of drug-likeness (QED) is 0.391. The second-order valence-corrected chi connectivity index (χ2v) is 9.30. The highest BCUT2D eigenvalue weighted by Crippen LogP contribution is 2.44. The molecule has 0 saturated heterocycles. The van der Waals surface area contributed by atoms with Crippen LogP contribution in [-0.4, -0.2) is 35.2 Å². The number of rotatable bonds is 6. The lowest BCUT2D eigenvalue weighted by Crippen LogP contribution is -2.12. The number of carbonyl (C=O) groups excluding carboxylic acids is 1. The molecule has 2 N–H and O–H groups in total. The minimum absolute atomic E-state index is 0.178. The molecule has 4 heterocycles. The fourth-order valence-corrected chi connectivity index (χ4v) is 4.58. The van der Waals surface area contributed by atoms with Gasteiger partial charge >= 0.3 is 0 Å². The molecule has 6 rings (SSSR count). The van der Waals surface area contributed by atoms with Gasteiger partial charge in [0.1, 0.15) is 0 Å². The molecular weight excluding hydrogens is 438 g/mol. The highest BCUT2D eigenvalue weighted by molar-refractivity contribution is 5.94. The van der Waals surface area contributed by atoms with Crippen LogP contribution in [0.15, 0.2) is 67.5 Å². The number of aromatic nitrogens is 6. The van der Waals surface area contributed by atoms with E-state index in [1.54, 1.807) is 18.5 Å². The Kier molecular flexibility index (Phi) is 4.95. The average Bonchev–Trinajstić information content (AvgIpc) is 3.46. The molecule has 1 aliphatic carbocycles. The standard InChI is InChI=1S/C27H25N7O/c1-16(2)25-24-23(33-14-21(31-15-33)19-4-3-10-29-13-19)9-11-30-27(24)34(32-25)22-8-7-18(26(28)35)12-20(22)17-5-6-17/h3-4,7-17H,5-6H2,1-2H3,(H2,28,35). The molecule has 8 heteroatoms. The van der Waals surface area contributed by atoms with E-state index in [1.165, 1.54) is 0 Å². The van der Waals surface area contributed by atoms with Crippen molar-refractivity contribution >= 4 is 16.9 Å². The number of fused-ring (bicyclic) bond motifs is 1. The van der Waals surface area contributed by atoms with Gasteiger partial charge in [0.15, 0.2) is 5.65 Å². The first-order valence-corrected chi connectivity index (χ1v) is 11.8. The van der Waals surface area contributed by atoms with Gasteiger partial charge in [-0.2, -0.15) is 5.10 Å². The zero-order valence-corrected chi connectivity index (χ0v) is 19.6. The summed E-state index contributed by atoms with van der Waals surface area (Å²) in [6.07, 6.45) is 11.4. The maximum absolute atomic E-state index is 11.8. The molecule has 1 amide bonds. The normalized spacial score (nSPS) is 13.6. The Morgan fingerprint density at radius 2 is 1.94 bits per heavy atom.